The number of nitrogens with zero attached hydrogens (tertiary/aromatic N) is 1. The molecule has 2 rings (SSSR count). The molecule has 1 aromatic rings. The third kappa shape index (κ3) is 6.21. The lowest BCUT2D eigenvalue weighted by molar-refractivity contribution is -0.0855. The Morgan fingerprint density at radius 3 is 2.72 bits per heavy atom. The van der Waals surface area contributed by atoms with Crippen LogP contribution in [-0.4, -0.2) is 58.1 Å². The number of benzene rings is 1. The Morgan fingerprint density at radius 2 is 2.08 bits per heavy atom. The Bertz CT molecular complexity index is 557. The molecular weight excluding hydrogens is 318 g/mol. The summed E-state index contributed by atoms with van der Waals surface area (Å²) in [5.74, 6) is 1.64. The summed E-state index contributed by atoms with van der Waals surface area (Å²) >= 11 is 0. The minimum atomic E-state index is -0.181. The van der Waals surface area contributed by atoms with E-state index < -0.39 is 0 Å². The Morgan fingerprint density at radius 1 is 1.32 bits per heavy atom. The fraction of sp³-hybridized carbons (Fsp3) is 0.632. The van der Waals surface area contributed by atoms with Crippen molar-refractivity contribution in [1.29, 1.82) is 0 Å². The molecule has 0 aromatic heterocycles. The number of nitrogens with one attached hydrogen (secondary N) is 2. The van der Waals surface area contributed by atoms with Crippen LogP contribution in [0.25, 0.3) is 0 Å². The topological polar surface area (TPSA) is 64.1 Å². The second kappa shape index (κ2) is 9.63. The van der Waals surface area contributed by atoms with Crippen molar-refractivity contribution in [3.05, 3.63) is 29.8 Å². The van der Waals surface area contributed by atoms with Gasteiger partial charge in [-0.05, 0) is 31.5 Å². The first-order chi connectivity index (χ1) is 12.1. The van der Waals surface area contributed by atoms with Crippen LogP contribution in [0.15, 0.2) is 29.3 Å². The molecule has 1 unspecified atom stereocenters. The van der Waals surface area contributed by atoms with Gasteiger partial charge in [0.15, 0.2) is 5.96 Å². The van der Waals surface area contributed by atoms with Gasteiger partial charge in [-0.1, -0.05) is 12.1 Å². The molecule has 1 aliphatic heterocycles. The van der Waals surface area contributed by atoms with Crippen molar-refractivity contribution in [3.63, 3.8) is 0 Å². The zero-order valence-electron chi connectivity index (χ0n) is 15.8. The van der Waals surface area contributed by atoms with E-state index in [9.17, 15) is 0 Å². The predicted octanol–water partition coefficient (Wildman–Crippen LogP) is 2.12. The summed E-state index contributed by atoms with van der Waals surface area (Å²) in [6.45, 7) is 6.95. The van der Waals surface area contributed by atoms with Crippen LogP contribution in [0.2, 0.25) is 0 Å². The van der Waals surface area contributed by atoms with Gasteiger partial charge in [0.2, 0.25) is 0 Å². The van der Waals surface area contributed by atoms with E-state index in [1.165, 1.54) is 5.56 Å². The van der Waals surface area contributed by atoms with Crippen LogP contribution in [0.3, 0.4) is 0 Å². The first-order valence-electron chi connectivity index (χ1n) is 8.88. The number of ether oxygens (including phenoxy) is 3. The second-order valence-electron chi connectivity index (χ2n) is 6.55. The molecule has 0 saturated carbocycles. The Labute approximate surface area is 151 Å². The SMILES string of the molecule is CN=C(NCC(C)Oc1cccc(C)c1)NCC1(OC)CCOCC1. The van der Waals surface area contributed by atoms with Crippen molar-refractivity contribution < 1.29 is 14.2 Å². The Kier molecular flexibility index (Phi) is 7.52. The van der Waals surface area contributed by atoms with Crippen LogP contribution in [0.5, 0.6) is 5.75 Å². The maximum Gasteiger partial charge on any atom is 0.191 e. The van der Waals surface area contributed by atoms with Gasteiger partial charge >= 0.3 is 0 Å². The lowest BCUT2D eigenvalue weighted by Gasteiger charge is -2.36. The van der Waals surface area contributed by atoms with E-state index in [-0.39, 0.29) is 11.7 Å². The molecule has 0 aliphatic carbocycles. The van der Waals surface area contributed by atoms with Gasteiger partial charge in [0.05, 0.1) is 12.1 Å². The summed E-state index contributed by atoms with van der Waals surface area (Å²) in [7, 11) is 3.53. The maximum absolute atomic E-state index is 5.94. The molecule has 6 heteroatoms. The molecule has 1 aliphatic rings. The number of aliphatic imine (C=N–C) groups is 1. The minimum absolute atomic E-state index is 0.0276. The zero-order chi connectivity index (χ0) is 18.1. The highest BCUT2D eigenvalue weighted by Crippen LogP contribution is 2.23. The molecule has 1 saturated heterocycles. The van der Waals surface area contributed by atoms with Gasteiger partial charge in [0.25, 0.3) is 0 Å². The summed E-state index contributed by atoms with van der Waals surface area (Å²) < 4.78 is 17.1. The normalized spacial score (nSPS) is 18.5. The van der Waals surface area contributed by atoms with Crippen LogP contribution in [0.1, 0.15) is 25.3 Å². The Balaban J connectivity index is 1.77. The van der Waals surface area contributed by atoms with Crippen molar-refractivity contribution in [2.75, 3.05) is 40.5 Å². The maximum atomic E-state index is 5.94. The van der Waals surface area contributed by atoms with Crippen molar-refractivity contribution in [2.24, 2.45) is 4.99 Å². The highest BCUT2D eigenvalue weighted by molar-refractivity contribution is 5.79. The molecule has 1 atom stereocenters. The number of hydrogen-bond acceptors (Lipinski definition) is 4. The fourth-order valence-corrected chi connectivity index (χ4v) is 2.86. The largest absolute Gasteiger partial charge is 0.489 e. The summed E-state index contributed by atoms with van der Waals surface area (Å²) in [5.41, 5.74) is 1.01. The van der Waals surface area contributed by atoms with Crippen LogP contribution in [0, 0.1) is 6.92 Å². The fourth-order valence-electron chi connectivity index (χ4n) is 2.86. The predicted molar refractivity (Wildman–Crippen MR) is 100 cm³/mol. The van der Waals surface area contributed by atoms with E-state index in [0.29, 0.717) is 13.1 Å². The number of guanidine groups is 1. The molecule has 0 radical (unpaired) electrons. The van der Waals surface area contributed by atoms with E-state index in [2.05, 4.69) is 28.6 Å². The number of methoxy groups -OCH3 is 1. The van der Waals surface area contributed by atoms with Gasteiger partial charge < -0.3 is 24.8 Å². The highest BCUT2D eigenvalue weighted by Gasteiger charge is 2.32. The first kappa shape index (κ1) is 19.5. The molecule has 1 fully saturated rings. The van der Waals surface area contributed by atoms with E-state index in [4.69, 9.17) is 14.2 Å². The quantitative estimate of drug-likeness (QED) is 0.583. The van der Waals surface area contributed by atoms with Crippen LogP contribution >= 0.6 is 0 Å². The van der Waals surface area contributed by atoms with E-state index in [1.807, 2.05) is 25.1 Å². The van der Waals surface area contributed by atoms with Crippen molar-refractivity contribution >= 4 is 5.96 Å². The average Bonchev–Trinajstić information content (AvgIpc) is 2.62. The van der Waals surface area contributed by atoms with E-state index >= 15 is 0 Å². The lowest BCUT2D eigenvalue weighted by Crippen LogP contribution is -2.51. The van der Waals surface area contributed by atoms with Gasteiger partial charge in [-0.25, -0.2) is 0 Å². The lowest BCUT2D eigenvalue weighted by atomic mass is 9.94. The molecule has 0 bridgehead atoms. The third-order valence-electron chi connectivity index (χ3n) is 4.52. The monoisotopic (exact) mass is 349 g/mol. The van der Waals surface area contributed by atoms with Crippen LogP contribution in [0.4, 0.5) is 0 Å². The van der Waals surface area contributed by atoms with Gasteiger partial charge in [-0.3, -0.25) is 4.99 Å². The van der Waals surface area contributed by atoms with Crippen molar-refractivity contribution in [3.8, 4) is 5.75 Å². The van der Waals surface area contributed by atoms with Gasteiger partial charge in [-0.2, -0.15) is 0 Å². The molecular formula is C19H31N3O3. The van der Waals surface area contributed by atoms with Crippen LogP contribution < -0.4 is 15.4 Å². The molecule has 140 valence electrons. The van der Waals surface area contributed by atoms with E-state index in [1.54, 1.807) is 14.2 Å². The van der Waals surface area contributed by atoms with E-state index in [0.717, 1.165) is 37.8 Å². The number of rotatable bonds is 7. The van der Waals surface area contributed by atoms with Gasteiger partial charge in [0.1, 0.15) is 11.9 Å². The number of aryl methyl sites for hydroxylation is 1. The molecule has 1 heterocycles. The van der Waals surface area contributed by atoms with Crippen LogP contribution in [-0.2, 0) is 9.47 Å². The average molecular weight is 349 g/mol. The molecule has 2 N–H and O–H groups in total. The highest BCUT2D eigenvalue weighted by atomic mass is 16.5. The molecule has 0 amide bonds. The Hall–Kier alpha value is -1.79. The summed E-state index contributed by atoms with van der Waals surface area (Å²) in [4.78, 5) is 4.28. The van der Waals surface area contributed by atoms with Crippen molar-refractivity contribution in [1.82, 2.24) is 10.6 Å². The number of hydrogen-bond donors (Lipinski definition) is 2. The second-order valence-corrected chi connectivity index (χ2v) is 6.55. The smallest absolute Gasteiger partial charge is 0.191 e. The van der Waals surface area contributed by atoms with Gasteiger partial charge in [-0.15, -0.1) is 0 Å². The standard InChI is InChI=1S/C19H31N3O3/c1-15-6-5-7-17(12-15)25-16(2)13-21-18(20-3)22-14-19(23-4)8-10-24-11-9-19/h5-7,12,16H,8-11,13-14H2,1-4H3,(H2,20,21,22). The molecule has 0 spiro atoms. The summed E-state index contributed by atoms with van der Waals surface area (Å²) in [6.07, 6.45) is 1.81. The minimum Gasteiger partial charge on any atom is -0.489 e. The summed E-state index contributed by atoms with van der Waals surface area (Å²) in [6, 6.07) is 8.08. The molecule has 6 nitrogen and oxygen atoms in total. The first-order valence-corrected chi connectivity index (χ1v) is 8.88. The molecule has 25 heavy (non-hydrogen) atoms. The third-order valence-corrected chi connectivity index (χ3v) is 4.52. The molecule has 1 aromatic carbocycles. The van der Waals surface area contributed by atoms with Gasteiger partial charge in [0, 0.05) is 46.8 Å². The van der Waals surface area contributed by atoms with Crippen molar-refractivity contribution in [2.45, 2.75) is 38.4 Å². The summed E-state index contributed by atoms with van der Waals surface area (Å²) in [5, 5.41) is 6.67. The zero-order valence-corrected chi connectivity index (χ0v) is 15.8.